The normalized spacial score (nSPS) is 11.2. The molecule has 8 nitrogen and oxygen atoms in total. The van der Waals surface area contributed by atoms with Crippen molar-refractivity contribution < 1.29 is 32.2 Å². The first-order valence-electron chi connectivity index (χ1n) is 11.7. The van der Waals surface area contributed by atoms with Gasteiger partial charge in [0.2, 0.25) is 5.91 Å². The van der Waals surface area contributed by atoms with Gasteiger partial charge in [0.25, 0.3) is 0 Å². The first-order valence-corrected chi connectivity index (χ1v) is 11.7. The standard InChI is InChI=1S/C26H29F3N4O4/c1-19-16-22(9-8-21(19)17-33-23(10-12-31-33)26(27,28)29)36-15-5-13-32(14-11-24(30)34)25(35)37-18-20-6-3-2-4-7-20/h2-4,6-10,12,16H,5,11,13-15,17-18H2,1H3,(H2,30,34). The summed E-state index contributed by atoms with van der Waals surface area (Å²) in [6, 6.07) is 15.3. The summed E-state index contributed by atoms with van der Waals surface area (Å²) in [6.45, 7) is 2.57. The fraction of sp³-hybridized carbons (Fsp3) is 0.346. The van der Waals surface area contributed by atoms with Gasteiger partial charge in [0.15, 0.2) is 0 Å². The predicted molar refractivity (Wildman–Crippen MR) is 130 cm³/mol. The largest absolute Gasteiger partial charge is 0.494 e. The third kappa shape index (κ3) is 8.55. The Morgan fingerprint density at radius 2 is 1.84 bits per heavy atom. The van der Waals surface area contributed by atoms with Gasteiger partial charge in [0.1, 0.15) is 18.1 Å². The summed E-state index contributed by atoms with van der Waals surface area (Å²) in [5.41, 5.74) is 6.70. The molecule has 0 aliphatic rings. The van der Waals surface area contributed by atoms with Crippen molar-refractivity contribution in [2.24, 2.45) is 5.73 Å². The second kappa shape index (κ2) is 12.8. The lowest BCUT2D eigenvalue weighted by molar-refractivity contribution is -0.144. The molecule has 0 atom stereocenters. The van der Waals surface area contributed by atoms with E-state index in [0.29, 0.717) is 17.7 Å². The number of nitrogens with zero attached hydrogens (tertiary/aromatic N) is 3. The topological polar surface area (TPSA) is 99.7 Å². The molecule has 11 heteroatoms. The average Bonchev–Trinajstić information content (AvgIpc) is 3.33. The third-order valence-electron chi connectivity index (χ3n) is 5.57. The van der Waals surface area contributed by atoms with Crippen LogP contribution in [0.2, 0.25) is 0 Å². The lowest BCUT2D eigenvalue weighted by Crippen LogP contribution is -2.35. The van der Waals surface area contributed by atoms with Crippen molar-refractivity contribution in [3.05, 3.63) is 83.2 Å². The van der Waals surface area contributed by atoms with E-state index in [2.05, 4.69) is 5.10 Å². The van der Waals surface area contributed by atoms with Crippen molar-refractivity contribution in [2.45, 2.75) is 39.1 Å². The van der Waals surface area contributed by atoms with E-state index in [-0.39, 0.29) is 39.3 Å². The second-order valence-corrected chi connectivity index (χ2v) is 8.41. The zero-order valence-electron chi connectivity index (χ0n) is 20.4. The molecular weight excluding hydrogens is 489 g/mol. The van der Waals surface area contributed by atoms with Gasteiger partial charge in [-0.25, -0.2) is 4.79 Å². The Morgan fingerprint density at radius 1 is 1.08 bits per heavy atom. The minimum Gasteiger partial charge on any atom is -0.494 e. The van der Waals surface area contributed by atoms with Gasteiger partial charge < -0.3 is 20.1 Å². The maximum absolute atomic E-state index is 13.1. The Balaban J connectivity index is 1.51. The number of nitrogens with two attached hydrogens (primary N) is 1. The summed E-state index contributed by atoms with van der Waals surface area (Å²) in [5.74, 6) is 0.0261. The highest BCUT2D eigenvalue weighted by atomic mass is 19.4. The fourth-order valence-electron chi connectivity index (χ4n) is 3.59. The summed E-state index contributed by atoms with van der Waals surface area (Å²) in [5, 5.41) is 3.78. The van der Waals surface area contributed by atoms with Crippen LogP contribution in [0.4, 0.5) is 18.0 Å². The van der Waals surface area contributed by atoms with Crippen molar-refractivity contribution in [3.63, 3.8) is 0 Å². The van der Waals surface area contributed by atoms with Crippen LogP contribution in [0, 0.1) is 6.92 Å². The summed E-state index contributed by atoms with van der Waals surface area (Å²) >= 11 is 0. The molecule has 0 unspecified atom stereocenters. The summed E-state index contributed by atoms with van der Waals surface area (Å²) in [4.78, 5) is 25.1. The first kappa shape index (κ1) is 27.6. The third-order valence-corrected chi connectivity index (χ3v) is 5.57. The van der Waals surface area contributed by atoms with Gasteiger partial charge in [0, 0.05) is 25.7 Å². The molecule has 2 amide bonds. The number of carbonyl (C=O) groups excluding carboxylic acids is 2. The maximum atomic E-state index is 13.1. The van der Waals surface area contributed by atoms with E-state index in [1.54, 1.807) is 25.1 Å². The number of carbonyl (C=O) groups is 2. The quantitative estimate of drug-likeness (QED) is 0.355. The molecule has 198 valence electrons. The number of ether oxygens (including phenoxy) is 2. The lowest BCUT2D eigenvalue weighted by Gasteiger charge is -2.22. The first-order chi connectivity index (χ1) is 17.6. The molecule has 0 saturated carbocycles. The smallest absolute Gasteiger partial charge is 0.433 e. The molecule has 0 aliphatic carbocycles. The Morgan fingerprint density at radius 3 is 2.51 bits per heavy atom. The van der Waals surface area contributed by atoms with Crippen molar-refractivity contribution in [2.75, 3.05) is 19.7 Å². The van der Waals surface area contributed by atoms with Gasteiger partial charge >= 0.3 is 12.3 Å². The number of rotatable bonds is 12. The minimum absolute atomic E-state index is 0.00819. The minimum atomic E-state index is -4.48. The Kier molecular flexibility index (Phi) is 9.53. The molecule has 37 heavy (non-hydrogen) atoms. The number of aryl methyl sites for hydroxylation is 1. The number of halogens is 3. The second-order valence-electron chi connectivity index (χ2n) is 8.41. The zero-order valence-corrected chi connectivity index (χ0v) is 20.4. The molecule has 2 N–H and O–H groups in total. The van der Waals surface area contributed by atoms with Gasteiger partial charge in [-0.05, 0) is 48.2 Å². The lowest BCUT2D eigenvalue weighted by atomic mass is 10.1. The summed E-state index contributed by atoms with van der Waals surface area (Å²) in [6.07, 6.45) is -3.44. The van der Waals surface area contributed by atoms with Gasteiger partial charge in [0.05, 0.1) is 13.2 Å². The van der Waals surface area contributed by atoms with Crippen molar-refractivity contribution in [3.8, 4) is 5.75 Å². The van der Waals surface area contributed by atoms with E-state index in [9.17, 15) is 22.8 Å². The zero-order chi connectivity index (χ0) is 26.8. The van der Waals surface area contributed by atoms with Crippen LogP contribution < -0.4 is 10.5 Å². The van der Waals surface area contributed by atoms with E-state index in [1.807, 2.05) is 30.3 Å². The van der Waals surface area contributed by atoms with Crippen molar-refractivity contribution in [1.82, 2.24) is 14.7 Å². The van der Waals surface area contributed by atoms with Crippen molar-refractivity contribution in [1.29, 1.82) is 0 Å². The highest BCUT2D eigenvalue weighted by molar-refractivity contribution is 5.75. The molecule has 0 radical (unpaired) electrons. The molecule has 1 heterocycles. The molecule has 0 spiro atoms. The molecule has 0 aliphatic heterocycles. The number of hydrogen-bond donors (Lipinski definition) is 1. The number of primary amides is 1. The maximum Gasteiger partial charge on any atom is 0.433 e. The Bertz CT molecular complexity index is 1180. The van der Waals surface area contributed by atoms with Crippen LogP contribution in [0.25, 0.3) is 0 Å². The van der Waals surface area contributed by atoms with E-state index in [0.717, 1.165) is 28.1 Å². The molecule has 0 fully saturated rings. The van der Waals surface area contributed by atoms with Gasteiger partial charge in [-0.15, -0.1) is 0 Å². The molecule has 1 aromatic heterocycles. The number of amides is 2. The highest BCUT2D eigenvalue weighted by Gasteiger charge is 2.34. The van der Waals surface area contributed by atoms with Crippen molar-refractivity contribution >= 4 is 12.0 Å². The van der Waals surface area contributed by atoms with E-state index in [1.165, 1.54) is 4.90 Å². The van der Waals surface area contributed by atoms with Crippen LogP contribution in [-0.4, -0.2) is 46.4 Å². The monoisotopic (exact) mass is 518 g/mol. The van der Waals surface area contributed by atoms with Crippen LogP contribution in [0.3, 0.4) is 0 Å². The number of alkyl halides is 3. The van der Waals surface area contributed by atoms with Gasteiger partial charge in [-0.3, -0.25) is 9.48 Å². The average molecular weight is 519 g/mol. The van der Waals surface area contributed by atoms with Gasteiger partial charge in [-0.1, -0.05) is 36.4 Å². The fourth-order valence-corrected chi connectivity index (χ4v) is 3.59. The van der Waals surface area contributed by atoms with Gasteiger partial charge in [-0.2, -0.15) is 18.3 Å². The Labute approximate surface area is 212 Å². The number of hydrogen-bond acceptors (Lipinski definition) is 5. The highest BCUT2D eigenvalue weighted by Crippen LogP contribution is 2.29. The van der Waals surface area contributed by atoms with E-state index < -0.39 is 23.9 Å². The molecule has 3 aromatic rings. The predicted octanol–water partition coefficient (Wildman–Crippen LogP) is 4.54. The molecule has 3 rings (SSSR count). The van der Waals surface area contributed by atoms with Crippen LogP contribution in [-0.2, 0) is 28.9 Å². The van der Waals surface area contributed by atoms with E-state index >= 15 is 0 Å². The van der Waals surface area contributed by atoms with Crippen LogP contribution in [0.1, 0.15) is 35.2 Å². The molecule has 0 bridgehead atoms. The van der Waals surface area contributed by atoms with Crippen LogP contribution >= 0.6 is 0 Å². The van der Waals surface area contributed by atoms with Crippen LogP contribution in [0.5, 0.6) is 5.75 Å². The number of benzene rings is 2. The number of aromatic nitrogens is 2. The van der Waals surface area contributed by atoms with Crippen LogP contribution in [0.15, 0.2) is 60.8 Å². The molecular formula is C26H29F3N4O4. The molecule has 2 aromatic carbocycles. The molecule has 0 saturated heterocycles. The Hall–Kier alpha value is -4.02. The SMILES string of the molecule is Cc1cc(OCCCN(CCC(N)=O)C(=O)OCc2ccccc2)ccc1Cn1nccc1C(F)(F)F. The summed E-state index contributed by atoms with van der Waals surface area (Å²) < 4.78 is 51.3. The summed E-state index contributed by atoms with van der Waals surface area (Å²) in [7, 11) is 0. The van der Waals surface area contributed by atoms with E-state index in [4.69, 9.17) is 15.2 Å².